The van der Waals surface area contributed by atoms with Crippen LogP contribution in [0.3, 0.4) is 0 Å². The van der Waals surface area contributed by atoms with Crippen molar-refractivity contribution in [3.8, 4) is 17.2 Å². The standard InChI is InChI=1S/C33H37NO6/c1-19(2)26-17-27(21(5)15-28(26)39-7)31(35)29-30(23-9-8-10-25(16-23)40-20(3)4)34(33(37)32(29)36)18-22-11-13-24(38-6)14-12-22/h8-17,19-20,30,35H,18H2,1-7H3/b31-29+. The molecule has 3 aromatic carbocycles. The summed E-state index contributed by atoms with van der Waals surface area (Å²) in [6, 6.07) is 17.6. The monoisotopic (exact) mass is 543 g/mol. The van der Waals surface area contributed by atoms with Crippen molar-refractivity contribution in [3.63, 3.8) is 0 Å². The number of ether oxygens (including phenoxy) is 3. The van der Waals surface area contributed by atoms with Crippen molar-refractivity contribution < 1.29 is 28.9 Å². The lowest BCUT2D eigenvalue weighted by Crippen LogP contribution is -2.29. The van der Waals surface area contributed by atoms with Gasteiger partial charge in [-0.15, -0.1) is 0 Å². The van der Waals surface area contributed by atoms with Crippen LogP contribution in [0.5, 0.6) is 17.2 Å². The van der Waals surface area contributed by atoms with Crippen molar-refractivity contribution in [2.45, 2.75) is 59.2 Å². The number of amides is 1. The Morgan fingerprint density at radius 2 is 1.62 bits per heavy atom. The average Bonchev–Trinajstić information content (AvgIpc) is 3.17. The molecule has 0 radical (unpaired) electrons. The van der Waals surface area contributed by atoms with E-state index in [1.807, 2.05) is 95.3 Å². The van der Waals surface area contributed by atoms with Crippen LogP contribution >= 0.6 is 0 Å². The molecule has 0 aromatic heterocycles. The maximum absolute atomic E-state index is 13.6. The van der Waals surface area contributed by atoms with Crippen molar-refractivity contribution in [1.29, 1.82) is 0 Å². The molecule has 1 saturated heterocycles. The molecule has 40 heavy (non-hydrogen) atoms. The number of methoxy groups -OCH3 is 2. The molecule has 3 aromatic rings. The molecular weight excluding hydrogens is 506 g/mol. The molecule has 1 heterocycles. The number of Topliss-reactive ketones (excluding diaryl/α,β-unsaturated/α-hetero) is 1. The van der Waals surface area contributed by atoms with Crippen LogP contribution in [0.4, 0.5) is 0 Å². The first kappa shape index (κ1) is 28.7. The summed E-state index contributed by atoms with van der Waals surface area (Å²) in [6.07, 6.45) is -0.0580. The third kappa shape index (κ3) is 5.69. The number of rotatable bonds is 9. The van der Waals surface area contributed by atoms with Gasteiger partial charge in [-0.05, 0) is 85.3 Å². The molecule has 210 valence electrons. The first-order valence-corrected chi connectivity index (χ1v) is 13.4. The maximum atomic E-state index is 13.6. The zero-order valence-electron chi connectivity index (χ0n) is 24.1. The van der Waals surface area contributed by atoms with E-state index in [4.69, 9.17) is 14.2 Å². The van der Waals surface area contributed by atoms with E-state index in [9.17, 15) is 14.7 Å². The molecule has 1 amide bonds. The molecule has 7 nitrogen and oxygen atoms in total. The molecule has 7 heteroatoms. The van der Waals surface area contributed by atoms with Gasteiger partial charge < -0.3 is 24.2 Å². The molecule has 1 atom stereocenters. The van der Waals surface area contributed by atoms with Crippen molar-refractivity contribution in [3.05, 3.63) is 94.1 Å². The fraction of sp³-hybridized carbons (Fsp3) is 0.333. The molecule has 1 aliphatic rings. The summed E-state index contributed by atoms with van der Waals surface area (Å²) in [6.45, 7) is 9.95. The number of aliphatic hydroxyl groups is 1. The summed E-state index contributed by atoms with van der Waals surface area (Å²) < 4.78 is 16.8. The van der Waals surface area contributed by atoms with E-state index < -0.39 is 17.7 Å². The fourth-order valence-corrected chi connectivity index (χ4v) is 5.07. The van der Waals surface area contributed by atoms with E-state index in [1.165, 1.54) is 4.90 Å². The number of nitrogens with zero attached hydrogens (tertiary/aromatic N) is 1. The van der Waals surface area contributed by atoms with Crippen LogP contribution in [-0.2, 0) is 16.1 Å². The quantitative estimate of drug-likeness (QED) is 0.187. The first-order valence-electron chi connectivity index (χ1n) is 13.4. The van der Waals surface area contributed by atoms with E-state index in [1.54, 1.807) is 14.2 Å². The number of aryl methyl sites for hydroxylation is 1. The number of carbonyl (C=O) groups is 2. The van der Waals surface area contributed by atoms with Crippen LogP contribution in [0.1, 0.15) is 67.5 Å². The lowest BCUT2D eigenvalue weighted by molar-refractivity contribution is -0.140. The number of aliphatic hydroxyl groups excluding tert-OH is 1. The number of likely N-dealkylation sites (tertiary alicyclic amines) is 1. The molecule has 4 rings (SSSR count). The summed E-state index contributed by atoms with van der Waals surface area (Å²) in [5, 5.41) is 11.7. The number of carbonyl (C=O) groups excluding carboxylic acids is 2. The van der Waals surface area contributed by atoms with Crippen molar-refractivity contribution in [1.82, 2.24) is 4.90 Å². The molecular formula is C33H37NO6. The Bertz CT molecular complexity index is 1440. The molecule has 1 fully saturated rings. The minimum Gasteiger partial charge on any atom is -0.507 e. The minimum atomic E-state index is -0.818. The minimum absolute atomic E-state index is 0.0446. The number of hydrogen-bond donors (Lipinski definition) is 1. The average molecular weight is 544 g/mol. The summed E-state index contributed by atoms with van der Waals surface area (Å²) in [5.41, 5.74) is 3.66. The highest BCUT2D eigenvalue weighted by atomic mass is 16.5. The van der Waals surface area contributed by atoms with Gasteiger partial charge in [0.2, 0.25) is 0 Å². The van der Waals surface area contributed by atoms with Crippen LogP contribution in [0.15, 0.2) is 66.2 Å². The van der Waals surface area contributed by atoms with Gasteiger partial charge in [0, 0.05) is 12.1 Å². The number of hydrogen-bond acceptors (Lipinski definition) is 6. The van der Waals surface area contributed by atoms with Gasteiger partial charge in [-0.3, -0.25) is 9.59 Å². The normalized spacial score (nSPS) is 16.6. The Balaban J connectivity index is 1.90. The molecule has 0 bridgehead atoms. The Labute approximate surface area is 236 Å². The highest BCUT2D eigenvalue weighted by Crippen LogP contribution is 2.42. The van der Waals surface area contributed by atoms with E-state index in [2.05, 4.69) is 0 Å². The Hall–Kier alpha value is -4.26. The molecule has 1 unspecified atom stereocenters. The summed E-state index contributed by atoms with van der Waals surface area (Å²) >= 11 is 0. The van der Waals surface area contributed by atoms with E-state index in [0.717, 1.165) is 16.7 Å². The molecule has 0 aliphatic carbocycles. The molecule has 0 saturated carbocycles. The zero-order valence-corrected chi connectivity index (χ0v) is 24.1. The van der Waals surface area contributed by atoms with Crippen LogP contribution in [0.25, 0.3) is 5.76 Å². The Morgan fingerprint density at radius 1 is 0.925 bits per heavy atom. The van der Waals surface area contributed by atoms with Crippen molar-refractivity contribution in [2.24, 2.45) is 0 Å². The van der Waals surface area contributed by atoms with Gasteiger partial charge in [0.1, 0.15) is 23.0 Å². The van der Waals surface area contributed by atoms with Gasteiger partial charge in [-0.1, -0.05) is 38.1 Å². The largest absolute Gasteiger partial charge is 0.507 e. The predicted molar refractivity (Wildman–Crippen MR) is 155 cm³/mol. The lowest BCUT2D eigenvalue weighted by atomic mass is 9.91. The van der Waals surface area contributed by atoms with E-state index in [-0.39, 0.29) is 29.9 Å². The van der Waals surface area contributed by atoms with Gasteiger partial charge in [-0.2, -0.15) is 0 Å². The zero-order chi connectivity index (χ0) is 29.1. The van der Waals surface area contributed by atoms with Crippen LogP contribution in [-0.4, -0.2) is 42.0 Å². The molecule has 0 spiro atoms. The third-order valence-electron chi connectivity index (χ3n) is 7.05. The topological polar surface area (TPSA) is 85.3 Å². The summed E-state index contributed by atoms with van der Waals surface area (Å²) in [7, 11) is 3.20. The number of ketones is 1. The number of benzene rings is 3. The second-order valence-electron chi connectivity index (χ2n) is 10.6. The predicted octanol–water partition coefficient (Wildman–Crippen LogP) is 6.54. The maximum Gasteiger partial charge on any atom is 0.295 e. The first-order chi connectivity index (χ1) is 19.0. The Morgan fingerprint density at radius 3 is 2.23 bits per heavy atom. The smallest absolute Gasteiger partial charge is 0.295 e. The van der Waals surface area contributed by atoms with Crippen molar-refractivity contribution in [2.75, 3.05) is 14.2 Å². The lowest BCUT2D eigenvalue weighted by Gasteiger charge is -2.26. The molecule has 1 N–H and O–H groups in total. The summed E-state index contributed by atoms with van der Waals surface area (Å²) in [5.74, 6) is 0.513. The van der Waals surface area contributed by atoms with Gasteiger partial charge in [-0.25, -0.2) is 0 Å². The summed E-state index contributed by atoms with van der Waals surface area (Å²) in [4.78, 5) is 28.7. The van der Waals surface area contributed by atoms with Crippen LogP contribution in [0, 0.1) is 6.92 Å². The third-order valence-corrected chi connectivity index (χ3v) is 7.05. The van der Waals surface area contributed by atoms with Crippen LogP contribution in [0.2, 0.25) is 0 Å². The fourth-order valence-electron chi connectivity index (χ4n) is 5.07. The Kier molecular flexibility index (Phi) is 8.52. The second kappa shape index (κ2) is 11.9. The van der Waals surface area contributed by atoms with Gasteiger partial charge in [0.05, 0.1) is 31.9 Å². The van der Waals surface area contributed by atoms with Gasteiger partial charge >= 0.3 is 0 Å². The SMILES string of the molecule is COc1ccc(CN2C(=O)C(=O)/C(=C(/O)c3cc(C(C)C)c(OC)cc3C)C2c2cccc(OC(C)C)c2)cc1. The van der Waals surface area contributed by atoms with Crippen molar-refractivity contribution >= 4 is 17.4 Å². The van der Waals surface area contributed by atoms with E-state index in [0.29, 0.717) is 28.4 Å². The highest BCUT2D eigenvalue weighted by molar-refractivity contribution is 6.46. The van der Waals surface area contributed by atoms with Crippen LogP contribution < -0.4 is 14.2 Å². The van der Waals surface area contributed by atoms with Gasteiger partial charge in [0.15, 0.2) is 0 Å². The second-order valence-corrected chi connectivity index (χ2v) is 10.6. The van der Waals surface area contributed by atoms with E-state index >= 15 is 0 Å². The molecule has 1 aliphatic heterocycles. The van der Waals surface area contributed by atoms with Gasteiger partial charge in [0.25, 0.3) is 11.7 Å². The highest BCUT2D eigenvalue weighted by Gasteiger charge is 2.46.